The molecule has 5 nitrogen and oxygen atoms in total. The molecule has 7 heteroatoms. The van der Waals surface area contributed by atoms with Crippen molar-refractivity contribution in [2.24, 2.45) is 0 Å². The van der Waals surface area contributed by atoms with Crippen LogP contribution in [-0.2, 0) is 4.79 Å². The Morgan fingerprint density at radius 2 is 1.71 bits per heavy atom. The Morgan fingerprint density at radius 1 is 0.929 bits per heavy atom. The molecule has 0 spiro atoms. The van der Waals surface area contributed by atoms with E-state index in [0.29, 0.717) is 26.8 Å². The minimum atomic E-state index is -0.719. The van der Waals surface area contributed by atoms with E-state index in [1.165, 1.54) is 0 Å². The summed E-state index contributed by atoms with van der Waals surface area (Å²) >= 11 is 12.0. The van der Waals surface area contributed by atoms with Crippen LogP contribution in [0.3, 0.4) is 0 Å². The summed E-state index contributed by atoms with van der Waals surface area (Å²) in [6.45, 7) is 0. The Kier molecular flexibility index (Phi) is 5.19. The third-order valence-corrected chi connectivity index (χ3v) is 4.58. The SMILES string of the molecule is O=C(Nc1cccc(Cl)c1)C(Nc1nc2ccc(Cl)cc2o1)c1ccccc1. The van der Waals surface area contributed by atoms with Crippen LogP contribution in [0.15, 0.2) is 77.2 Å². The normalized spacial score (nSPS) is 11.9. The third-order valence-electron chi connectivity index (χ3n) is 4.11. The predicted octanol–water partition coefficient (Wildman–Crippen LogP) is 5.93. The zero-order valence-corrected chi connectivity index (χ0v) is 16.0. The number of hydrogen-bond acceptors (Lipinski definition) is 4. The van der Waals surface area contributed by atoms with Gasteiger partial charge in [0.05, 0.1) is 0 Å². The average molecular weight is 412 g/mol. The molecule has 1 aromatic heterocycles. The van der Waals surface area contributed by atoms with Gasteiger partial charge in [0.15, 0.2) is 5.58 Å². The van der Waals surface area contributed by atoms with Gasteiger partial charge >= 0.3 is 0 Å². The molecule has 1 heterocycles. The molecule has 140 valence electrons. The Bertz CT molecular complexity index is 1130. The highest BCUT2D eigenvalue weighted by atomic mass is 35.5. The summed E-state index contributed by atoms with van der Waals surface area (Å²) in [5.41, 5.74) is 2.55. The Labute approximate surface area is 171 Å². The highest BCUT2D eigenvalue weighted by Gasteiger charge is 2.23. The Hall–Kier alpha value is -3.02. The molecule has 0 fully saturated rings. The van der Waals surface area contributed by atoms with Crippen molar-refractivity contribution in [1.82, 2.24) is 4.98 Å². The van der Waals surface area contributed by atoms with Gasteiger partial charge in [-0.25, -0.2) is 0 Å². The van der Waals surface area contributed by atoms with Crippen molar-refractivity contribution in [3.05, 3.63) is 88.4 Å². The van der Waals surface area contributed by atoms with Crippen molar-refractivity contribution in [2.45, 2.75) is 6.04 Å². The van der Waals surface area contributed by atoms with Crippen molar-refractivity contribution in [3.63, 3.8) is 0 Å². The molecule has 3 aromatic carbocycles. The van der Waals surface area contributed by atoms with Gasteiger partial charge < -0.3 is 15.1 Å². The van der Waals surface area contributed by atoms with Crippen LogP contribution >= 0.6 is 23.2 Å². The van der Waals surface area contributed by atoms with Crippen LogP contribution in [0, 0.1) is 0 Å². The highest BCUT2D eigenvalue weighted by Crippen LogP contribution is 2.26. The average Bonchev–Trinajstić information content (AvgIpc) is 3.08. The van der Waals surface area contributed by atoms with E-state index in [9.17, 15) is 4.79 Å². The number of fused-ring (bicyclic) bond motifs is 1. The number of benzene rings is 3. The smallest absolute Gasteiger partial charge is 0.296 e. The van der Waals surface area contributed by atoms with Gasteiger partial charge in [-0.05, 0) is 35.9 Å². The zero-order valence-electron chi connectivity index (χ0n) is 14.5. The Morgan fingerprint density at radius 3 is 2.50 bits per heavy atom. The summed E-state index contributed by atoms with van der Waals surface area (Å²) in [6.07, 6.45) is 0. The quantitative estimate of drug-likeness (QED) is 0.427. The molecule has 28 heavy (non-hydrogen) atoms. The van der Waals surface area contributed by atoms with Crippen LogP contribution in [0.4, 0.5) is 11.7 Å². The first-order chi connectivity index (χ1) is 13.6. The van der Waals surface area contributed by atoms with Gasteiger partial charge in [0.2, 0.25) is 0 Å². The largest absolute Gasteiger partial charge is 0.423 e. The lowest BCUT2D eigenvalue weighted by Crippen LogP contribution is -2.27. The molecule has 0 bridgehead atoms. The number of carbonyl (C=O) groups excluding carboxylic acids is 1. The molecule has 2 N–H and O–H groups in total. The number of carbonyl (C=O) groups is 1. The van der Waals surface area contributed by atoms with Crippen LogP contribution < -0.4 is 10.6 Å². The summed E-state index contributed by atoms with van der Waals surface area (Å²) in [6, 6.07) is 21.0. The van der Waals surface area contributed by atoms with Crippen molar-refractivity contribution in [3.8, 4) is 0 Å². The molecule has 4 aromatic rings. The van der Waals surface area contributed by atoms with Crippen LogP contribution in [0.2, 0.25) is 10.0 Å². The van der Waals surface area contributed by atoms with E-state index >= 15 is 0 Å². The summed E-state index contributed by atoms with van der Waals surface area (Å²) in [7, 11) is 0. The number of amides is 1. The van der Waals surface area contributed by atoms with Crippen LogP contribution in [0.1, 0.15) is 11.6 Å². The monoisotopic (exact) mass is 411 g/mol. The lowest BCUT2D eigenvalue weighted by atomic mass is 10.1. The maximum Gasteiger partial charge on any atom is 0.296 e. The molecule has 0 aliphatic heterocycles. The van der Waals surface area contributed by atoms with Gasteiger partial charge in [0.25, 0.3) is 11.9 Å². The third kappa shape index (κ3) is 4.11. The minimum absolute atomic E-state index is 0.229. The van der Waals surface area contributed by atoms with Crippen molar-refractivity contribution >= 4 is 51.9 Å². The molecule has 1 atom stereocenters. The van der Waals surface area contributed by atoms with Gasteiger partial charge in [-0.1, -0.05) is 59.6 Å². The topological polar surface area (TPSA) is 67.2 Å². The van der Waals surface area contributed by atoms with Crippen molar-refractivity contribution in [1.29, 1.82) is 0 Å². The summed E-state index contributed by atoms with van der Waals surface area (Å²) in [5.74, 6) is -0.270. The van der Waals surface area contributed by atoms with E-state index < -0.39 is 6.04 Å². The number of aromatic nitrogens is 1. The zero-order chi connectivity index (χ0) is 19.5. The molecule has 0 saturated carbocycles. The maximum absolute atomic E-state index is 13.0. The highest BCUT2D eigenvalue weighted by molar-refractivity contribution is 6.31. The first-order valence-electron chi connectivity index (χ1n) is 8.52. The second kappa shape index (κ2) is 7.92. The molecule has 0 radical (unpaired) electrons. The molecule has 0 aliphatic carbocycles. The minimum Gasteiger partial charge on any atom is -0.423 e. The van der Waals surface area contributed by atoms with Crippen LogP contribution in [0.5, 0.6) is 0 Å². The molecular formula is C21H15Cl2N3O2. The first kappa shape index (κ1) is 18.3. The lowest BCUT2D eigenvalue weighted by molar-refractivity contribution is -0.117. The summed E-state index contributed by atoms with van der Waals surface area (Å²) in [4.78, 5) is 17.4. The number of nitrogens with zero attached hydrogens (tertiary/aromatic N) is 1. The van der Waals surface area contributed by atoms with Crippen molar-refractivity contribution < 1.29 is 9.21 Å². The van der Waals surface area contributed by atoms with E-state index in [0.717, 1.165) is 5.56 Å². The van der Waals surface area contributed by atoms with Crippen LogP contribution in [0.25, 0.3) is 11.1 Å². The van der Waals surface area contributed by atoms with E-state index in [-0.39, 0.29) is 11.9 Å². The fourth-order valence-corrected chi connectivity index (χ4v) is 3.16. The second-order valence-electron chi connectivity index (χ2n) is 6.12. The molecule has 0 saturated heterocycles. The van der Waals surface area contributed by atoms with E-state index in [1.807, 2.05) is 30.3 Å². The van der Waals surface area contributed by atoms with E-state index in [1.54, 1.807) is 42.5 Å². The van der Waals surface area contributed by atoms with Gasteiger partial charge in [0, 0.05) is 21.8 Å². The number of oxazole rings is 1. The number of rotatable bonds is 5. The van der Waals surface area contributed by atoms with Gasteiger partial charge in [-0.3, -0.25) is 4.79 Å². The molecule has 0 aliphatic rings. The molecule has 1 unspecified atom stereocenters. The number of hydrogen-bond donors (Lipinski definition) is 2. The predicted molar refractivity (Wildman–Crippen MR) is 112 cm³/mol. The summed E-state index contributed by atoms with van der Waals surface area (Å²) < 4.78 is 5.71. The van der Waals surface area contributed by atoms with Gasteiger partial charge in [-0.2, -0.15) is 4.98 Å². The fourth-order valence-electron chi connectivity index (χ4n) is 2.81. The van der Waals surface area contributed by atoms with E-state index in [4.69, 9.17) is 27.6 Å². The standard InChI is InChI=1S/C21H15Cl2N3O2/c22-14-7-4-8-16(11-14)24-20(27)19(13-5-2-1-3-6-13)26-21-25-17-10-9-15(23)12-18(17)28-21/h1-12,19H,(H,24,27)(H,25,26). The maximum atomic E-state index is 13.0. The fraction of sp³-hybridized carbons (Fsp3) is 0.0476. The van der Waals surface area contributed by atoms with Gasteiger partial charge in [-0.15, -0.1) is 0 Å². The summed E-state index contributed by atoms with van der Waals surface area (Å²) in [5, 5.41) is 7.03. The Balaban J connectivity index is 1.64. The number of anilines is 2. The van der Waals surface area contributed by atoms with Crippen LogP contribution in [-0.4, -0.2) is 10.9 Å². The lowest BCUT2D eigenvalue weighted by Gasteiger charge is -2.18. The first-order valence-corrected chi connectivity index (χ1v) is 9.28. The van der Waals surface area contributed by atoms with Crippen molar-refractivity contribution in [2.75, 3.05) is 10.6 Å². The molecular weight excluding hydrogens is 397 g/mol. The second-order valence-corrected chi connectivity index (χ2v) is 6.99. The number of halogens is 2. The van der Waals surface area contributed by atoms with E-state index in [2.05, 4.69) is 15.6 Å². The molecule has 1 amide bonds. The molecule has 4 rings (SSSR count). The number of nitrogens with one attached hydrogen (secondary N) is 2. The van der Waals surface area contributed by atoms with Gasteiger partial charge in [0.1, 0.15) is 11.6 Å².